The predicted molar refractivity (Wildman–Crippen MR) is 103 cm³/mol. The highest BCUT2D eigenvalue weighted by molar-refractivity contribution is 5.90. The lowest BCUT2D eigenvalue weighted by atomic mass is 10.1. The van der Waals surface area contributed by atoms with Crippen LogP contribution in [0.15, 0.2) is 53.1 Å². The monoisotopic (exact) mass is 394 g/mol. The molecule has 0 atom stereocenters. The third-order valence-corrected chi connectivity index (χ3v) is 5.03. The Hall–Kier alpha value is -3.42. The van der Waals surface area contributed by atoms with E-state index in [9.17, 15) is 9.18 Å². The molecule has 0 radical (unpaired) electrons. The third kappa shape index (κ3) is 3.78. The number of carbonyl (C=O) groups is 1. The highest BCUT2D eigenvalue weighted by Gasteiger charge is 2.33. The van der Waals surface area contributed by atoms with E-state index < -0.39 is 5.82 Å². The predicted octanol–water partition coefficient (Wildman–Crippen LogP) is 4.05. The molecule has 0 spiro atoms. The van der Waals surface area contributed by atoms with Crippen molar-refractivity contribution in [3.63, 3.8) is 0 Å². The second-order valence-electron chi connectivity index (χ2n) is 7.31. The van der Waals surface area contributed by atoms with Crippen LogP contribution in [0.4, 0.5) is 14.9 Å². The maximum Gasteiger partial charge on any atom is 0.322 e. The van der Waals surface area contributed by atoms with Crippen LogP contribution in [0.25, 0.3) is 11.4 Å². The zero-order chi connectivity index (χ0) is 19.8. The summed E-state index contributed by atoms with van der Waals surface area (Å²) in [4.78, 5) is 18.2. The molecule has 8 heteroatoms. The summed E-state index contributed by atoms with van der Waals surface area (Å²) in [5, 5.41) is 6.60. The Morgan fingerprint density at radius 3 is 2.62 bits per heavy atom. The second kappa shape index (κ2) is 7.20. The molecule has 7 nitrogen and oxygen atoms in total. The molecule has 1 N–H and O–H groups in total. The first-order valence-electron chi connectivity index (χ1n) is 9.57. The van der Waals surface area contributed by atoms with E-state index in [4.69, 9.17) is 9.26 Å². The number of halogens is 1. The van der Waals surface area contributed by atoms with Crippen molar-refractivity contribution in [3.05, 3.63) is 60.2 Å². The number of ether oxygens (including phenoxy) is 1. The second-order valence-corrected chi connectivity index (χ2v) is 7.31. The Kier molecular flexibility index (Phi) is 4.38. The SMILES string of the molecule is O=C(Nc1ccccc1F)N1CC(Oc2ccc(-c3noc(C4CC4)n3)cc2)C1. The molecule has 0 unspecified atom stereocenters. The van der Waals surface area contributed by atoms with Crippen molar-refractivity contribution < 1.29 is 18.4 Å². The van der Waals surface area contributed by atoms with Crippen LogP contribution in [0.3, 0.4) is 0 Å². The number of para-hydroxylation sites is 1. The number of amides is 2. The zero-order valence-electron chi connectivity index (χ0n) is 15.5. The van der Waals surface area contributed by atoms with Gasteiger partial charge in [-0.1, -0.05) is 17.3 Å². The first-order valence-corrected chi connectivity index (χ1v) is 9.57. The average molecular weight is 394 g/mol. The molecule has 2 fully saturated rings. The Labute approximate surface area is 166 Å². The fourth-order valence-electron chi connectivity index (χ4n) is 3.16. The summed E-state index contributed by atoms with van der Waals surface area (Å²) in [5.41, 5.74) is 1.04. The van der Waals surface area contributed by atoms with E-state index >= 15 is 0 Å². The van der Waals surface area contributed by atoms with Crippen molar-refractivity contribution in [3.8, 4) is 17.1 Å². The molecule has 2 heterocycles. The van der Waals surface area contributed by atoms with Crippen LogP contribution in [0.1, 0.15) is 24.7 Å². The molecule has 1 aliphatic carbocycles. The van der Waals surface area contributed by atoms with Crippen LogP contribution in [0.5, 0.6) is 5.75 Å². The number of benzene rings is 2. The first-order chi connectivity index (χ1) is 14.2. The van der Waals surface area contributed by atoms with Gasteiger partial charge in [0.2, 0.25) is 11.7 Å². The summed E-state index contributed by atoms with van der Waals surface area (Å²) in [6, 6.07) is 13.2. The van der Waals surface area contributed by atoms with Crippen molar-refractivity contribution in [1.82, 2.24) is 15.0 Å². The van der Waals surface area contributed by atoms with Gasteiger partial charge in [-0.2, -0.15) is 4.98 Å². The standard InChI is InChI=1S/C21H19FN4O3/c22-17-3-1-2-4-18(17)23-21(27)26-11-16(12-26)28-15-9-7-13(8-10-15)19-24-20(29-25-19)14-5-6-14/h1-4,7-10,14,16H,5-6,11-12H2,(H,23,27). The van der Waals surface area contributed by atoms with Crippen LogP contribution >= 0.6 is 0 Å². The quantitative estimate of drug-likeness (QED) is 0.706. The van der Waals surface area contributed by atoms with Gasteiger partial charge in [-0.3, -0.25) is 0 Å². The van der Waals surface area contributed by atoms with Crippen molar-refractivity contribution in [1.29, 1.82) is 0 Å². The van der Waals surface area contributed by atoms with E-state index in [1.165, 1.54) is 12.1 Å². The molecular weight excluding hydrogens is 375 g/mol. The summed E-state index contributed by atoms with van der Waals surface area (Å²) in [7, 11) is 0. The van der Waals surface area contributed by atoms with Gasteiger partial charge >= 0.3 is 6.03 Å². The van der Waals surface area contributed by atoms with Crippen LogP contribution in [-0.2, 0) is 0 Å². The first kappa shape index (κ1) is 17.7. The third-order valence-electron chi connectivity index (χ3n) is 5.03. The molecule has 1 aliphatic heterocycles. The van der Waals surface area contributed by atoms with Crippen molar-refractivity contribution in [2.75, 3.05) is 18.4 Å². The van der Waals surface area contributed by atoms with Crippen LogP contribution in [0, 0.1) is 5.82 Å². The molecule has 1 saturated carbocycles. The average Bonchev–Trinajstić information content (AvgIpc) is 3.43. The summed E-state index contributed by atoms with van der Waals surface area (Å²) < 4.78 is 24.8. The van der Waals surface area contributed by atoms with Crippen LogP contribution in [0.2, 0.25) is 0 Å². The molecular formula is C21H19FN4O3. The Morgan fingerprint density at radius 2 is 1.90 bits per heavy atom. The Morgan fingerprint density at radius 1 is 1.14 bits per heavy atom. The lowest BCUT2D eigenvalue weighted by Crippen LogP contribution is -2.57. The molecule has 1 saturated heterocycles. The normalized spacial score (nSPS) is 16.4. The molecule has 0 bridgehead atoms. The van der Waals surface area contributed by atoms with E-state index in [0.29, 0.717) is 36.5 Å². The number of rotatable bonds is 5. The smallest absolute Gasteiger partial charge is 0.322 e. The van der Waals surface area contributed by atoms with E-state index in [1.54, 1.807) is 17.0 Å². The fraction of sp³-hybridized carbons (Fsp3) is 0.286. The fourth-order valence-corrected chi connectivity index (χ4v) is 3.16. The minimum Gasteiger partial charge on any atom is -0.487 e. The number of hydrogen-bond acceptors (Lipinski definition) is 5. The summed E-state index contributed by atoms with van der Waals surface area (Å²) in [5.74, 6) is 1.97. The molecule has 1 aromatic heterocycles. The lowest BCUT2D eigenvalue weighted by Gasteiger charge is -2.38. The molecule has 5 rings (SSSR count). The van der Waals surface area contributed by atoms with Gasteiger partial charge in [0.05, 0.1) is 18.8 Å². The van der Waals surface area contributed by atoms with Gasteiger partial charge in [0.15, 0.2) is 0 Å². The zero-order valence-corrected chi connectivity index (χ0v) is 15.5. The molecule has 2 aromatic carbocycles. The van der Waals surface area contributed by atoms with Crippen LogP contribution < -0.4 is 10.1 Å². The number of aromatic nitrogens is 2. The van der Waals surface area contributed by atoms with E-state index in [2.05, 4.69) is 15.5 Å². The number of anilines is 1. The minimum absolute atomic E-state index is 0.0983. The lowest BCUT2D eigenvalue weighted by molar-refractivity contribution is 0.0493. The number of nitrogens with one attached hydrogen (secondary N) is 1. The number of nitrogens with zero attached hydrogens (tertiary/aromatic N) is 3. The highest BCUT2D eigenvalue weighted by Crippen LogP contribution is 2.39. The summed E-state index contributed by atoms with van der Waals surface area (Å²) in [6.45, 7) is 0.884. The summed E-state index contributed by atoms with van der Waals surface area (Å²) in [6.07, 6.45) is 2.13. The van der Waals surface area contributed by atoms with Gasteiger partial charge in [-0.15, -0.1) is 0 Å². The van der Waals surface area contributed by atoms with Crippen LogP contribution in [-0.4, -0.2) is 40.3 Å². The van der Waals surface area contributed by atoms with Gasteiger partial charge in [0.1, 0.15) is 17.7 Å². The molecule has 2 aliphatic rings. The largest absolute Gasteiger partial charge is 0.487 e. The van der Waals surface area contributed by atoms with Gasteiger partial charge < -0.3 is 19.5 Å². The van der Waals surface area contributed by atoms with E-state index in [-0.39, 0.29) is 17.8 Å². The molecule has 29 heavy (non-hydrogen) atoms. The van der Waals surface area contributed by atoms with Gasteiger partial charge in [-0.05, 0) is 49.2 Å². The summed E-state index contributed by atoms with van der Waals surface area (Å²) >= 11 is 0. The maximum absolute atomic E-state index is 13.6. The number of carbonyl (C=O) groups excluding carboxylic acids is 1. The number of hydrogen-bond donors (Lipinski definition) is 1. The van der Waals surface area contributed by atoms with Gasteiger partial charge in [0.25, 0.3) is 0 Å². The van der Waals surface area contributed by atoms with E-state index in [0.717, 1.165) is 18.4 Å². The molecule has 3 aromatic rings. The van der Waals surface area contributed by atoms with Gasteiger partial charge in [0, 0.05) is 11.5 Å². The number of urea groups is 1. The van der Waals surface area contributed by atoms with E-state index in [1.807, 2.05) is 24.3 Å². The Balaban J connectivity index is 1.13. The minimum atomic E-state index is -0.458. The van der Waals surface area contributed by atoms with Crippen molar-refractivity contribution >= 4 is 11.7 Å². The van der Waals surface area contributed by atoms with Crippen molar-refractivity contribution in [2.24, 2.45) is 0 Å². The Bertz CT molecular complexity index is 1030. The molecule has 2 amide bonds. The highest BCUT2D eigenvalue weighted by atomic mass is 19.1. The number of likely N-dealkylation sites (tertiary alicyclic amines) is 1. The van der Waals surface area contributed by atoms with Crippen molar-refractivity contribution in [2.45, 2.75) is 24.9 Å². The maximum atomic E-state index is 13.6. The molecule has 148 valence electrons. The van der Waals surface area contributed by atoms with Gasteiger partial charge in [-0.25, -0.2) is 9.18 Å². The topological polar surface area (TPSA) is 80.5 Å².